The molecular weight excluding hydrogens is 185 g/mol. The van der Waals surface area contributed by atoms with E-state index >= 15 is 0 Å². The van der Waals surface area contributed by atoms with Crippen LogP contribution in [0.1, 0.15) is 0 Å². The van der Waals surface area contributed by atoms with E-state index in [4.69, 9.17) is 0 Å². The molecule has 0 amide bonds. The summed E-state index contributed by atoms with van der Waals surface area (Å²) in [6.45, 7) is -0.772. The van der Waals surface area contributed by atoms with Crippen molar-refractivity contribution in [1.29, 1.82) is 0 Å². The Balaban J connectivity index is 2.70. The minimum Gasteiger partial charge on any atom is -0.269 e. The maximum Gasteiger partial charge on any atom is 0.395 e. The molecule has 0 radical (unpaired) electrons. The first-order chi connectivity index (χ1) is 4.81. The summed E-state index contributed by atoms with van der Waals surface area (Å²) >= 11 is 0. The Hall–Kier alpha value is -0.300. The lowest BCUT2D eigenvalue weighted by Crippen LogP contribution is -2.25. The van der Waals surface area contributed by atoms with Crippen LogP contribution in [-0.2, 0) is 14.3 Å². The van der Waals surface area contributed by atoms with E-state index in [0.29, 0.717) is 0 Å². The summed E-state index contributed by atoms with van der Waals surface area (Å²) in [7, 11) is -3.90. The van der Waals surface area contributed by atoms with E-state index in [1.165, 1.54) is 0 Å². The van der Waals surface area contributed by atoms with Gasteiger partial charge in [0.05, 0.1) is 18.3 Å². The van der Waals surface area contributed by atoms with Crippen LogP contribution in [0.3, 0.4) is 0 Å². The van der Waals surface area contributed by atoms with Gasteiger partial charge in [-0.3, -0.25) is 4.18 Å². The molecule has 0 aromatic heterocycles. The minimum atomic E-state index is -4.47. The molecule has 1 heterocycles. The third kappa shape index (κ3) is 2.06. The Morgan fingerprint density at radius 2 is 1.91 bits per heavy atom. The smallest absolute Gasteiger partial charge is 0.269 e. The van der Waals surface area contributed by atoms with Crippen LogP contribution < -0.4 is 0 Å². The van der Waals surface area contributed by atoms with Crippen molar-refractivity contribution in [3.8, 4) is 0 Å². The topological polar surface area (TPSA) is 43.4 Å². The van der Waals surface area contributed by atoms with Crippen LogP contribution in [0.25, 0.3) is 0 Å². The van der Waals surface area contributed by atoms with Crippen molar-refractivity contribution < 1.29 is 25.8 Å². The Morgan fingerprint density at radius 1 is 1.36 bits per heavy atom. The second kappa shape index (κ2) is 2.34. The molecule has 1 aliphatic rings. The second-order valence-corrected chi connectivity index (χ2v) is 3.93. The molecule has 3 nitrogen and oxygen atoms in total. The maximum atomic E-state index is 11.8. The van der Waals surface area contributed by atoms with Crippen LogP contribution in [0.15, 0.2) is 0 Å². The van der Waals surface area contributed by atoms with Gasteiger partial charge >= 0.3 is 6.18 Å². The molecule has 0 saturated carbocycles. The summed E-state index contributed by atoms with van der Waals surface area (Å²) in [5, 5.41) is 0. The maximum absolute atomic E-state index is 11.8. The second-order valence-electron chi connectivity index (χ2n) is 2.25. The normalized spacial score (nSPS) is 30.6. The fourth-order valence-corrected chi connectivity index (χ4v) is 1.96. The van der Waals surface area contributed by atoms with E-state index in [0.717, 1.165) is 0 Å². The van der Waals surface area contributed by atoms with Gasteiger partial charge in [-0.25, -0.2) is 0 Å². The van der Waals surface area contributed by atoms with Gasteiger partial charge in [0.25, 0.3) is 10.1 Å². The quantitative estimate of drug-likeness (QED) is 0.523. The molecule has 66 valence electrons. The lowest BCUT2D eigenvalue weighted by Gasteiger charge is -2.09. The van der Waals surface area contributed by atoms with Crippen molar-refractivity contribution in [1.82, 2.24) is 0 Å². The van der Waals surface area contributed by atoms with Gasteiger partial charge in [0.1, 0.15) is 0 Å². The van der Waals surface area contributed by atoms with Crippen molar-refractivity contribution in [2.75, 3.05) is 12.4 Å². The average molecular weight is 190 g/mol. The SMILES string of the molecule is O=S1(=O)CC(C(F)(F)F)CO1. The van der Waals surface area contributed by atoms with Crippen LogP contribution in [0.2, 0.25) is 0 Å². The van der Waals surface area contributed by atoms with Gasteiger partial charge in [-0.05, 0) is 0 Å². The predicted octanol–water partition coefficient (Wildman–Crippen LogP) is 0.525. The molecule has 0 spiro atoms. The third-order valence-electron chi connectivity index (χ3n) is 1.32. The van der Waals surface area contributed by atoms with Crippen molar-refractivity contribution in [3.05, 3.63) is 0 Å². The molecule has 1 fully saturated rings. The highest BCUT2D eigenvalue weighted by atomic mass is 32.2. The summed E-state index contributed by atoms with van der Waals surface area (Å²) in [5.41, 5.74) is 0. The molecule has 0 aromatic carbocycles. The molecule has 1 rings (SSSR count). The molecule has 1 aliphatic heterocycles. The van der Waals surface area contributed by atoms with Crippen LogP contribution >= 0.6 is 0 Å². The van der Waals surface area contributed by atoms with Crippen LogP contribution in [0, 0.1) is 5.92 Å². The lowest BCUT2D eigenvalue weighted by atomic mass is 10.2. The zero-order valence-corrected chi connectivity index (χ0v) is 6.07. The molecule has 7 heteroatoms. The number of rotatable bonds is 0. The predicted molar refractivity (Wildman–Crippen MR) is 29.3 cm³/mol. The third-order valence-corrected chi connectivity index (χ3v) is 2.62. The van der Waals surface area contributed by atoms with Gasteiger partial charge < -0.3 is 0 Å². The first-order valence-electron chi connectivity index (χ1n) is 2.75. The highest BCUT2D eigenvalue weighted by molar-refractivity contribution is 7.86. The van der Waals surface area contributed by atoms with E-state index in [9.17, 15) is 21.6 Å². The average Bonchev–Trinajstić information content (AvgIpc) is 2.07. The van der Waals surface area contributed by atoms with Crippen molar-refractivity contribution in [2.45, 2.75) is 6.18 Å². The summed E-state index contributed by atoms with van der Waals surface area (Å²) in [6, 6.07) is 0. The van der Waals surface area contributed by atoms with Gasteiger partial charge in [0, 0.05) is 0 Å². The first-order valence-corrected chi connectivity index (χ1v) is 4.33. The molecule has 1 atom stereocenters. The molecule has 0 N–H and O–H groups in total. The van der Waals surface area contributed by atoms with E-state index in [1.807, 2.05) is 0 Å². The van der Waals surface area contributed by atoms with E-state index in [-0.39, 0.29) is 0 Å². The first kappa shape index (κ1) is 8.79. The van der Waals surface area contributed by atoms with Crippen LogP contribution in [0.5, 0.6) is 0 Å². The van der Waals surface area contributed by atoms with Crippen LogP contribution in [0.4, 0.5) is 13.2 Å². The van der Waals surface area contributed by atoms with Gasteiger partial charge in [-0.1, -0.05) is 0 Å². The molecule has 1 unspecified atom stereocenters. The lowest BCUT2D eigenvalue weighted by molar-refractivity contribution is -0.170. The van der Waals surface area contributed by atoms with Crippen molar-refractivity contribution in [2.24, 2.45) is 5.92 Å². The molecule has 11 heavy (non-hydrogen) atoms. The standard InChI is InChI=1S/C4H5F3O3S/c5-4(6,7)3-1-10-11(8,9)2-3/h3H,1-2H2. The largest absolute Gasteiger partial charge is 0.395 e. The zero-order valence-electron chi connectivity index (χ0n) is 5.26. The molecule has 1 saturated heterocycles. The van der Waals surface area contributed by atoms with E-state index in [1.54, 1.807) is 0 Å². The summed E-state index contributed by atoms with van der Waals surface area (Å²) in [4.78, 5) is 0. The number of halogens is 3. The fraction of sp³-hybridized carbons (Fsp3) is 1.00. The highest BCUT2D eigenvalue weighted by Crippen LogP contribution is 2.31. The summed E-state index contributed by atoms with van der Waals surface area (Å²) < 4.78 is 59.9. The van der Waals surface area contributed by atoms with Crippen molar-refractivity contribution >= 4 is 10.1 Å². The van der Waals surface area contributed by atoms with E-state index in [2.05, 4.69) is 4.18 Å². The van der Waals surface area contributed by atoms with Gasteiger partial charge in [0.2, 0.25) is 0 Å². The molecular formula is C4H5F3O3S. The fourth-order valence-electron chi connectivity index (χ4n) is 0.717. The Morgan fingerprint density at radius 3 is 2.09 bits per heavy atom. The monoisotopic (exact) mass is 190 g/mol. The van der Waals surface area contributed by atoms with Crippen LogP contribution in [-0.4, -0.2) is 27.0 Å². The Labute approximate surface area is 61.3 Å². The summed E-state index contributed by atoms with van der Waals surface area (Å²) in [6.07, 6.45) is -4.47. The molecule has 0 bridgehead atoms. The number of hydrogen-bond donors (Lipinski definition) is 0. The number of hydrogen-bond acceptors (Lipinski definition) is 3. The number of alkyl halides is 3. The molecule has 0 aromatic rings. The Bertz CT molecular complexity index is 242. The summed E-state index contributed by atoms with van der Waals surface area (Å²) in [5.74, 6) is -2.80. The zero-order chi connectivity index (χ0) is 8.70. The van der Waals surface area contributed by atoms with Crippen molar-refractivity contribution in [3.63, 3.8) is 0 Å². The van der Waals surface area contributed by atoms with E-state index < -0.39 is 34.6 Å². The molecule has 0 aliphatic carbocycles. The van der Waals surface area contributed by atoms with Gasteiger partial charge in [-0.2, -0.15) is 21.6 Å². The highest BCUT2D eigenvalue weighted by Gasteiger charge is 2.47. The van der Waals surface area contributed by atoms with Gasteiger partial charge in [0.15, 0.2) is 0 Å². The van der Waals surface area contributed by atoms with Gasteiger partial charge in [-0.15, -0.1) is 0 Å². The Kier molecular flexibility index (Phi) is 1.87. The minimum absolute atomic E-state index is 0.772.